The molecule has 0 saturated carbocycles. The predicted octanol–water partition coefficient (Wildman–Crippen LogP) is 0.764. The first-order chi connectivity index (χ1) is 10.6. The molecule has 6 heteroatoms. The number of hydrogen-bond donors (Lipinski definition) is 1. The van der Waals surface area contributed by atoms with Crippen molar-refractivity contribution in [1.82, 2.24) is 15.1 Å². The van der Waals surface area contributed by atoms with Crippen LogP contribution in [-0.2, 0) is 14.4 Å². The first-order valence-corrected chi connectivity index (χ1v) is 8.36. The molecule has 0 aliphatic carbocycles. The number of rotatable bonds is 5. The van der Waals surface area contributed by atoms with Gasteiger partial charge in [0.25, 0.3) is 0 Å². The zero-order valence-electron chi connectivity index (χ0n) is 13.5. The highest BCUT2D eigenvalue weighted by molar-refractivity contribution is 5.80. The van der Waals surface area contributed by atoms with Crippen LogP contribution in [0.15, 0.2) is 0 Å². The number of likely N-dealkylation sites (tertiary alicyclic amines) is 2. The van der Waals surface area contributed by atoms with E-state index in [4.69, 9.17) is 0 Å². The van der Waals surface area contributed by atoms with Gasteiger partial charge in [0.15, 0.2) is 0 Å². The summed E-state index contributed by atoms with van der Waals surface area (Å²) in [7, 11) is 1.64. The van der Waals surface area contributed by atoms with Gasteiger partial charge in [-0.15, -0.1) is 0 Å². The van der Waals surface area contributed by atoms with E-state index in [0.29, 0.717) is 32.4 Å². The summed E-state index contributed by atoms with van der Waals surface area (Å²) in [5, 5.41) is 2.63. The van der Waals surface area contributed by atoms with E-state index in [0.717, 1.165) is 38.8 Å². The lowest BCUT2D eigenvalue weighted by Crippen LogP contribution is -2.36. The molecule has 2 aliphatic rings. The fraction of sp³-hybridized carbons (Fsp3) is 0.812. The third-order valence-corrected chi connectivity index (χ3v) is 4.66. The van der Waals surface area contributed by atoms with Gasteiger partial charge < -0.3 is 15.1 Å². The summed E-state index contributed by atoms with van der Waals surface area (Å²) < 4.78 is 0. The normalized spacial score (nSPS) is 22.6. The number of nitrogens with zero attached hydrogens (tertiary/aromatic N) is 2. The molecule has 0 spiro atoms. The Kier molecular flexibility index (Phi) is 6.21. The molecule has 22 heavy (non-hydrogen) atoms. The van der Waals surface area contributed by atoms with Gasteiger partial charge in [-0.3, -0.25) is 14.4 Å². The average molecular weight is 309 g/mol. The summed E-state index contributed by atoms with van der Waals surface area (Å²) in [5.74, 6) is 0.596. The van der Waals surface area contributed by atoms with Crippen LogP contribution in [0, 0.1) is 5.92 Å². The van der Waals surface area contributed by atoms with Crippen molar-refractivity contribution in [3.8, 4) is 0 Å². The average Bonchev–Trinajstić information content (AvgIpc) is 2.87. The molecule has 1 N–H and O–H groups in total. The lowest BCUT2D eigenvalue weighted by molar-refractivity contribution is -0.134. The minimum absolute atomic E-state index is 0.0365. The van der Waals surface area contributed by atoms with Gasteiger partial charge in [-0.2, -0.15) is 0 Å². The number of amides is 3. The van der Waals surface area contributed by atoms with Gasteiger partial charge in [-0.1, -0.05) is 6.42 Å². The molecule has 6 nitrogen and oxygen atoms in total. The lowest BCUT2D eigenvalue weighted by atomic mass is 10.0. The largest absolute Gasteiger partial charge is 0.359 e. The minimum Gasteiger partial charge on any atom is -0.359 e. The summed E-state index contributed by atoms with van der Waals surface area (Å²) >= 11 is 0. The molecular weight excluding hydrogens is 282 g/mol. The van der Waals surface area contributed by atoms with Crippen LogP contribution in [0.4, 0.5) is 0 Å². The van der Waals surface area contributed by atoms with Crippen LogP contribution in [0.2, 0.25) is 0 Å². The maximum Gasteiger partial charge on any atom is 0.224 e. The smallest absolute Gasteiger partial charge is 0.224 e. The van der Waals surface area contributed by atoms with E-state index in [9.17, 15) is 14.4 Å². The highest BCUT2D eigenvalue weighted by Gasteiger charge is 2.28. The van der Waals surface area contributed by atoms with E-state index in [-0.39, 0.29) is 23.6 Å². The second kappa shape index (κ2) is 8.15. The molecule has 2 heterocycles. The zero-order valence-corrected chi connectivity index (χ0v) is 13.5. The molecule has 0 aromatic carbocycles. The minimum atomic E-state index is 0.0365. The third kappa shape index (κ3) is 4.71. The Balaban J connectivity index is 1.73. The van der Waals surface area contributed by atoms with Crippen LogP contribution in [0.3, 0.4) is 0 Å². The lowest BCUT2D eigenvalue weighted by Gasteiger charge is -2.22. The standard InChI is InChI=1S/C16H27N3O3/c1-17-14(20)11-13-6-9-19(12-13)16(22)7-10-18-8-4-2-3-5-15(18)21/h13H,2-12H2,1H3,(H,17,20). The Hall–Kier alpha value is -1.59. The quantitative estimate of drug-likeness (QED) is 0.815. The topological polar surface area (TPSA) is 69.7 Å². The highest BCUT2D eigenvalue weighted by atomic mass is 16.2. The summed E-state index contributed by atoms with van der Waals surface area (Å²) in [6.07, 6.45) is 5.51. The molecule has 0 aromatic rings. The Labute approximate surface area is 132 Å². The van der Waals surface area contributed by atoms with E-state index < -0.39 is 0 Å². The monoisotopic (exact) mass is 309 g/mol. The summed E-state index contributed by atoms with van der Waals surface area (Å²) in [5.41, 5.74) is 0. The maximum absolute atomic E-state index is 12.3. The molecule has 2 aliphatic heterocycles. The van der Waals surface area contributed by atoms with Gasteiger partial charge in [0.2, 0.25) is 17.7 Å². The summed E-state index contributed by atoms with van der Waals surface area (Å²) in [6, 6.07) is 0. The fourth-order valence-electron chi connectivity index (χ4n) is 3.25. The Morgan fingerprint density at radius 3 is 2.82 bits per heavy atom. The molecule has 2 fully saturated rings. The number of nitrogens with one attached hydrogen (secondary N) is 1. The van der Waals surface area contributed by atoms with Gasteiger partial charge in [0, 0.05) is 52.5 Å². The van der Waals surface area contributed by atoms with Gasteiger partial charge in [0.1, 0.15) is 0 Å². The molecular formula is C16H27N3O3. The van der Waals surface area contributed by atoms with Crippen molar-refractivity contribution >= 4 is 17.7 Å². The highest BCUT2D eigenvalue weighted by Crippen LogP contribution is 2.20. The van der Waals surface area contributed by atoms with E-state index in [1.54, 1.807) is 7.05 Å². The second-order valence-corrected chi connectivity index (χ2v) is 6.31. The fourth-order valence-corrected chi connectivity index (χ4v) is 3.25. The van der Waals surface area contributed by atoms with Crippen LogP contribution >= 0.6 is 0 Å². The van der Waals surface area contributed by atoms with Crippen LogP contribution in [0.5, 0.6) is 0 Å². The van der Waals surface area contributed by atoms with Crippen LogP contribution in [-0.4, -0.2) is 60.7 Å². The van der Waals surface area contributed by atoms with Crippen LogP contribution in [0.25, 0.3) is 0 Å². The molecule has 1 atom stereocenters. The van der Waals surface area contributed by atoms with Crippen molar-refractivity contribution in [3.05, 3.63) is 0 Å². The van der Waals surface area contributed by atoms with Crippen molar-refractivity contribution < 1.29 is 14.4 Å². The predicted molar refractivity (Wildman–Crippen MR) is 83.0 cm³/mol. The van der Waals surface area contributed by atoms with Gasteiger partial charge >= 0.3 is 0 Å². The van der Waals surface area contributed by atoms with Crippen LogP contribution in [0.1, 0.15) is 44.9 Å². The molecule has 3 amide bonds. The molecule has 2 saturated heterocycles. The number of carbonyl (C=O) groups excluding carboxylic acids is 3. The molecule has 124 valence electrons. The first-order valence-electron chi connectivity index (χ1n) is 8.36. The molecule has 1 unspecified atom stereocenters. The van der Waals surface area contributed by atoms with E-state index in [1.165, 1.54) is 0 Å². The first kappa shape index (κ1) is 16.8. The molecule has 0 aromatic heterocycles. The number of hydrogen-bond acceptors (Lipinski definition) is 3. The number of carbonyl (C=O) groups is 3. The van der Waals surface area contributed by atoms with Crippen LogP contribution < -0.4 is 5.32 Å². The summed E-state index contributed by atoms with van der Waals surface area (Å²) in [6.45, 7) is 2.72. The van der Waals surface area contributed by atoms with Crippen molar-refractivity contribution in [1.29, 1.82) is 0 Å². The molecule has 2 rings (SSSR count). The van der Waals surface area contributed by atoms with Crippen molar-refractivity contribution in [2.45, 2.75) is 44.9 Å². The second-order valence-electron chi connectivity index (χ2n) is 6.31. The van der Waals surface area contributed by atoms with Crippen molar-refractivity contribution in [3.63, 3.8) is 0 Å². The van der Waals surface area contributed by atoms with Crippen molar-refractivity contribution in [2.24, 2.45) is 5.92 Å². The van der Waals surface area contributed by atoms with E-state index in [1.807, 2.05) is 9.80 Å². The third-order valence-electron chi connectivity index (χ3n) is 4.66. The van der Waals surface area contributed by atoms with Gasteiger partial charge in [-0.05, 0) is 25.2 Å². The Morgan fingerprint density at radius 2 is 2.05 bits per heavy atom. The Morgan fingerprint density at radius 1 is 1.23 bits per heavy atom. The SMILES string of the molecule is CNC(=O)CC1CCN(C(=O)CCN2CCCCCC2=O)C1. The van der Waals surface area contributed by atoms with Gasteiger partial charge in [0.05, 0.1) is 0 Å². The zero-order chi connectivity index (χ0) is 15.9. The molecule has 0 bridgehead atoms. The van der Waals surface area contributed by atoms with Crippen molar-refractivity contribution in [2.75, 3.05) is 33.2 Å². The summed E-state index contributed by atoms with van der Waals surface area (Å²) in [4.78, 5) is 39.2. The maximum atomic E-state index is 12.3. The van der Waals surface area contributed by atoms with E-state index >= 15 is 0 Å². The molecule has 0 radical (unpaired) electrons. The Bertz CT molecular complexity index is 425. The van der Waals surface area contributed by atoms with Gasteiger partial charge in [-0.25, -0.2) is 0 Å². The van der Waals surface area contributed by atoms with E-state index in [2.05, 4.69) is 5.32 Å².